The molecule has 3 aromatic carbocycles. The van der Waals surface area contributed by atoms with E-state index in [0.717, 1.165) is 22.8 Å². The van der Waals surface area contributed by atoms with Gasteiger partial charge in [0.2, 0.25) is 0 Å². The third-order valence-electron chi connectivity index (χ3n) is 7.79. The van der Waals surface area contributed by atoms with Gasteiger partial charge < -0.3 is 9.47 Å². The second kappa shape index (κ2) is 10.5. The molecule has 3 heteroatoms. The van der Waals surface area contributed by atoms with Crippen LogP contribution < -0.4 is 14.8 Å². The van der Waals surface area contributed by atoms with Crippen molar-refractivity contribution < 1.29 is 9.47 Å². The van der Waals surface area contributed by atoms with Gasteiger partial charge in [-0.1, -0.05) is 88.9 Å². The van der Waals surface area contributed by atoms with Gasteiger partial charge in [-0.2, -0.15) is 0 Å². The molecule has 0 saturated heterocycles. The molecule has 5 rings (SSSR count). The van der Waals surface area contributed by atoms with E-state index in [4.69, 9.17) is 9.47 Å². The Morgan fingerprint density at radius 1 is 0.636 bits per heavy atom. The van der Waals surface area contributed by atoms with Gasteiger partial charge in [0.15, 0.2) is 0 Å². The summed E-state index contributed by atoms with van der Waals surface area (Å²) >= 11 is 0. The number of fused-ring (bicyclic) bond motifs is 1. The first kappa shape index (κ1) is 22.7. The molecule has 174 valence electrons. The number of rotatable bonds is 6. The van der Waals surface area contributed by atoms with Crippen LogP contribution in [-0.2, 0) is 0 Å². The van der Waals surface area contributed by atoms with Gasteiger partial charge in [-0.3, -0.25) is 0 Å². The Morgan fingerprint density at radius 2 is 1.27 bits per heavy atom. The van der Waals surface area contributed by atoms with Crippen LogP contribution in [0.1, 0.15) is 64.2 Å². The van der Waals surface area contributed by atoms with Gasteiger partial charge in [-0.05, 0) is 65.5 Å². The lowest BCUT2D eigenvalue weighted by atomic mass is 9.97. The van der Waals surface area contributed by atoms with Crippen LogP contribution in [0.2, 0.25) is 0 Å². The summed E-state index contributed by atoms with van der Waals surface area (Å²) in [6.45, 7) is 0. The predicted molar refractivity (Wildman–Crippen MR) is 143 cm³/mol. The van der Waals surface area contributed by atoms with Gasteiger partial charge >= 0.3 is 0 Å². The SMILES string of the molecule is COc1ccc(-c2cccc3ccccc23)c(OC)c1P(C1CCCCC1)C1CCCCC1. The standard InChI is InChI=1S/C30H37O2P/c1-31-28-21-20-27(26-19-11-13-22-12-9-10-18-25(22)26)29(32-2)30(28)33(23-14-5-3-6-15-23)24-16-7-4-8-17-24/h9-13,18-21,23-24H,3-8,14-17H2,1-2H3. The van der Waals surface area contributed by atoms with Crippen LogP contribution >= 0.6 is 7.92 Å². The molecule has 0 atom stereocenters. The maximum atomic E-state index is 6.32. The third kappa shape index (κ3) is 4.52. The number of benzene rings is 3. The van der Waals surface area contributed by atoms with Crippen molar-refractivity contribution in [3.8, 4) is 22.6 Å². The monoisotopic (exact) mass is 460 g/mol. The van der Waals surface area contributed by atoms with Crippen LogP contribution in [0.15, 0.2) is 54.6 Å². The summed E-state index contributed by atoms with van der Waals surface area (Å²) in [6, 6.07) is 19.8. The molecule has 2 aliphatic carbocycles. The van der Waals surface area contributed by atoms with Gasteiger partial charge in [0.1, 0.15) is 11.5 Å². The fourth-order valence-electron chi connectivity index (χ4n) is 6.22. The average molecular weight is 461 g/mol. The summed E-state index contributed by atoms with van der Waals surface area (Å²) in [6.07, 6.45) is 13.8. The van der Waals surface area contributed by atoms with Crippen molar-refractivity contribution in [2.75, 3.05) is 14.2 Å². The summed E-state index contributed by atoms with van der Waals surface area (Å²) in [4.78, 5) is 0. The molecule has 0 N–H and O–H groups in total. The molecule has 2 nitrogen and oxygen atoms in total. The maximum Gasteiger partial charge on any atom is 0.138 e. The molecular formula is C30H37O2P. The first-order valence-corrected chi connectivity index (χ1v) is 14.3. The number of hydrogen-bond donors (Lipinski definition) is 0. The van der Waals surface area contributed by atoms with Crippen LogP contribution in [0.5, 0.6) is 11.5 Å². The molecule has 2 aliphatic rings. The van der Waals surface area contributed by atoms with Gasteiger partial charge in [-0.15, -0.1) is 0 Å². The Hall–Kier alpha value is -2.05. The predicted octanol–water partition coefficient (Wildman–Crippen LogP) is 8.30. The molecule has 0 bridgehead atoms. The van der Waals surface area contributed by atoms with Crippen molar-refractivity contribution in [2.45, 2.75) is 75.5 Å². The lowest BCUT2D eigenvalue weighted by molar-refractivity contribution is 0.401. The number of methoxy groups -OCH3 is 2. The summed E-state index contributed by atoms with van der Waals surface area (Å²) in [7, 11) is 3.36. The van der Waals surface area contributed by atoms with Gasteiger partial charge in [0.25, 0.3) is 0 Å². The van der Waals surface area contributed by atoms with Crippen molar-refractivity contribution in [3.63, 3.8) is 0 Å². The normalized spacial score (nSPS) is 18.0. The van der Waals surface area contributed by atoms with E-state index in [1.165, 1.54) is 91.4 Å². The zero-order chi connectivity index (χ0) is 22.6. The fourth-order valence-corrected chi connectivity index (χ4v) is 10.3. The fraction of sp³-hybridized carbons (Fsp3) is 0.467. The molecule has 0 amide bonds. The highest BCUT2D eigenvalue weighted by Crippen LogP contribution is 2.58. The van der Waals surface area contributed by atoms with Gasteiger partial charge in [-0.25, -0.2) is 0 Å². The average Bonchev–Trinajstić information content (AvgIpc) is 2.89. The zero-order valence-corrected chi connectivity index (χ0v) is 21.1. The van der Waals surface area contributed by atoms with Crippen LogP contribution in [-0.4, -0.2) is 25.5 Å². The highest BCUT2D eigenvalue weighted by molar-refractivity contribution is 7.67. The van der Waals surface area contributed by atoms with Crippen molar-refractivity contribution in [1.82, 2.24) is 0 Å². The van der Waals surface area contributed by atoms with Crippen LogP contribution in [0.3, 0.4) is 0 Å². The zero-order valence-electron chi connectivity index (χ0n) is 20.2. The van der Waals surface area contributed by atoms with E-state index in [1.807, 2.05) is 14.2 Å². The molecule has 2 fully saturated rings. The lowest BCUT2D eigenvalue weighted by Gasteiger charge is -2.40. The molecule has 33 heavy (non-hydrogen) atoms. The lowest BCUT2D eigenvalue weighted by Crippen LogP contribution is -2.28. The summed E-state index contributed by atoms with van der Waals surface area (Å²) < 4.78 is 12.4. The second-order valence-electron chi connectivity index (χ2n) is 9.71. The highest BCUT2D eigenvalue weighted by Gasteiger charge is 2.36. The van der Waals surface area contributed by atoms with Crippen LogP contribution in [0.4, 0.5) is 0 Å². The van der Waals surface area contributed by atoms with Crippen molar-refractivity contribution in [1.29, 1.82) is 0 Å². The number of ether oxygens (including phenoxy) is 2. The number of hydrogen-bond acceptors (Lipinski definition) is 2. The minimum atomic E-state index is -0.345. The molecular weight excluding hydrogens is 423 g/mol. The molecule has 0 radical (unpaired) electrons. The third-order valence-corrected chi connectivity index (χ3v) is 11.3. The Morgan fingerprint density at radius 3 is 1.91 bits per heavy atom. The molecule has 0 unspecified atom stereocenters. The quantitative estimate of drug-likeness (QED) is 0.345. The van der Waals surface area contributed by atoms with Gasteiger partial charge in [0.05, 0.1) is 19.5 Å². The molecule has 2 saturated carbocycles. The Labute approximate surface area is 200 Å². The Bertz CT molecular complexity index is 1060. The van der Waals surface area contributed by atoms with E-state index in [9.17, 15) is 0 Å². The smallest absolute Gasteiger partial charge is 0.138 e. The van der Waals surface area contributed by atoms with Crippen molar-refractivity contribution >= 4 is 24.0 Å². The van der Waals surface area contributed by atoms with Gasteiger partial charge in [0, 0.05) is 5.56 Å². The van der Waals surface area contributed by atoms with Crippen molar-refractivity contribution in [3.05, 3.63) is 54.6 Å². The first-order chi connectivity index (χ1) is 16.3. The second-order valence-corrected chi connectivity index (χ2v) is 12.4. The molecule has 0 heterocycles. The summed E-state index contributed by atoms with van der Waals surface area (Å²) in [5.41, 5.74) is 4.06. The molecule has 0 spiro atoms. The first-order valence-electron chi connectivity index (χ1n) is 12.8. The van der Waals surface area contributed by atoms with Crippen LogP contribution in [0.25, 0.3) is 21.9 Å². The Balaban J connectivity index is 1.70. The minimum absolute atomic E-state index is 0.345. The van der Waals surface area contributed by atoms with Crippen LogP contribution in [0, 0.1) is 0 Å². The minimum Gasteiger partial charge on any atom is -0.496 e. The van der Waals surface area contributed by atoms with E-state index in [-0.39, 0.29) is 7.92 Å². The van der Waals surface area contributed by atoms with Crippen molar-refractivity contribution in [2.24, 2.45) is 0 Å². The molecule has 0 aromatic heterocycles. The largest absolute Gasteiger partial charge is 0.496 e. The summed E-state index contributed by atoms with van der Waals surface area (Å²) in [5, 5.41) is 3.96. The Kier molecular flexibility index (Phi) is 7.21. The van der Waals surface area contributed by atoms with E-state index >= 15 is 0 Å². The highest BCUT2D eigenvalue weighted by atomic mass is 31.1. The van der Waals surface area contributed by atoms with E-state index < -0.39 is 0 Å². The van der Waals surface area contributed by atoms with E-state index in [0.29, 0.717) is 0 Å². The van der Waals surface area contributed by atoms with E-state index in [1.54, 1.807) is 0 Å². The molecule has 3 aromatic rings. The molecule has 0 aliphatic heterocycles. The maximum absolute atomic E-state index is 6.32. The topological polar surface area (TPSA) is 18.5 Å². The summed E-state index contributed by atoms with van der Waals surface area (Å²) in [5.74, 6) is 2.10. The van der Waals surface area contributed by atoms with E-state index in [2.05, 4.69) is 54.6 Å².